The zero-order valence-electron chi connectivity index (χ0n) is 16.0. The van der Waals surface area contributed by atoms with Crippen LogP contribution in [0.4, 0.5) is 5.82 Å². The van der Waals surface area contributed by atoms with Gasteiger partial charge in [-0.25, -0.2) is 4.98 Å². The summed E-state index contributed by atoms with van der Waals surface area (Å²) in [4.78, 5) is 15.2. The molecule has 0 spiro atoms. The standard InChI is InChI=1S/C18H27N5O5/c1-8(19)12-15(20)23(7-22-12)16-14-13(27-18(2,3)28-14)11(26-16)6-21-10-4-9(5-10)17(24)25/h7,9-11,13-14,16,21H,1,4-6,19-20H2,2-3H3,(H,24,25)/t9?,10?,11-,13-,14-,16-/m1/s1. The number of rotatable bonds is 6. The molecule has 1 saturated carbocycles. The van der Waals surface area contributed by atoms with E-state index < -0.39 is 18.0 Å². The van der Waals surface area contributed by atoms with E-state index in [0.29, 0.717) is 30.9 Å². The Hall–Kier alpha value is -2.14. The number of ether oxygens (including phenoxy) is 3. The van der Waals surface area contributed by atoms with Crippen LogP contribution in [-0.4, -0.2) is 57.3 Å². The predicted octanol–water partition coefficient (Wildman–Crippen LogP) is 0.265. The van der Waals surface area contributed by atoms with E-state index in [1.54, 1.807) is 10.9 Å². The number of nitrogens with two attached hydrogens (primary N) is 2. The molecule has 3 heterocycles. The van der Waals surface area contributed by atoms with Crippen LogP contribution in [0.25, 0.3) is 5.70 Å². The molecule has 0 aromatic carbocycles. The molecule has 1 aromatic heterocycles. The lowest BCUT2D eigenvalue weighted by Gasteiger charge is -2.34. The van der Waals surface area contributed by atoms with Crippen LogP contribution < -0.4 is 16.8 Å². The fourth-order valence-corrected chi connectivity index (χ4v) is 4.14. The molecule has 6 N–H and O–H groups in total. The summed E-state index contributed by atoms with van der Waals surface area (Å²) in [7, 11) is 0. The fraction of sp³-hybridized carbons (Fsp3) is 0.667. The molecule has 0 radical (unpaired) electrons. The Balaban J connectivity index is 1.47. The van der Waals surface area contributed by atoms with E-state index in [1.165, 1.54) is 0 Å². The number of nitrogens with one attached hydrogen (secondary N) is 1. The SMILES string of the molecule is C=C(N)c1ncn([C@@H]2O[C@H](CNC3CC(C(=O)O)C3)[C@H]3OC(C)(C)O[C@H]32)c1N. The van der Waals surface area contributed by atoms with Gasteiger partial charge < -0.3 is 36.1 Å². The minimum absolute atomic E-state index is 0.169. The van der Waals surface area contributed by atoms with Crippen LogP contribution in [0.15, 0.2) is 12.9 Å². The van der Waals surface area contributed by atoms with Crippen molar-refractivity contribution < 1.29 is 24.1 Å². The predicted molar refractivity (Wildman–Crippen MR) is 99.7 cm³/mol. The normalized spacial score (nSPS) is 36.1. The van der Waals surface area contributed by atoms with Gasteiger partial charge in [0.2, 0.25) is 0 Å². The molecule has 0 unspecified atom stereocenters. The second-order valence-electron chi connectivity index (χ2n) is 8.15. The minimum atomic E-state index is -0.740. The van der Waals surface area contributed by atoms with Crippen molar-refractivity contribution in [3.63, 3.8) is 0 Å². The Morgan fingerprint density at radius 1 is 1.43 bits per heavy atom. The Kier molecular flexibility index (Phi) is 4.61. The summed E-state index contributed by atoms with van der Waals surface area (Å²) in [6.07, 6.45) is 1.40. The van der Waals surface area contributed by atoms with Crippen molar-refractivity contribution in [2.75, 3.05) is 12.3 Å². The van der Waals surface area contributed by atoms with Crippen molar-refractivity contribution in [2.45, 2.75) is 63.1 Å². The van der Waals surface area contributed by atoms with Crippen LogP contribution in [0.1, 0.15) is 38.6 Å². The highest BCUT2D eigenvalue weighted by Gasteiger charge is 2.56. The molecule has 1 aliphatic carbocycles. The average Bonchev–Trinajstić information content (AvgIpc) is 3.17. The number of aromatic nitrogens is 2. The molecule has 154 valence electrons. The summed E-state index contributed by atoms with van der Waals surface area (Å²) in [5, 5.41) is 12.4. The van der Waals surface area contributed by atoms with Crippen molar-refractivity contribution in [1.29, 1.82) is 0 Å². The third kappa shape index (κ3) is 3.26. The van der Waals surface area contributed by atoms with Gasteiger partial charge in [0.15, 0.2) is 12.0 Å². The summed E-state index contributed by atoms with van der Waals surface area (Å²) in [6, 6.07) is 0.169. The van der Waals surface area contributed by atoms with Gasteiger partial charge in [0.1, 0.15) is 29.8 Å². The molecule has 2 saturated heterocycles. The third-order valence-corrected chi connectivity index (χ3v) is 5.63. The maximum absolute atomic E-state index is 11.0. The molecule has 2 aliphatic heterocycles. The van der Waals surface area contributed by atoms with E-state index in [4.69, 9.17) is 30.8 Å². The lowest BCUT2D eigenvalue weighted by molar-refractivity contribution is -0.196. The molecule has 10 nitrogen and oxygen atoms in total. The number of aliphatic carboxylic acids is 1. The van der Waals surface area contributed by atoms with E-state index >= 15 is 0 Å². The largest absolute Gasteiger partial charge is 0.481 e. The van der Waals surface area contributed by atoms with E-state index in [0.717, 1.165) is 0 Å². The monoisotopic (exact) mass is 393 g/mol. The first-order valence-corrected chi connectivity index (χ1v) is 9.40. The second kappa shape index (κ2) is 6.73. The number of hydrogen-bond donors (Lipinski definition) is 4. The number of hydrogen-bond acceptors (Lipinski definition) is 8. The first-order chi connectivity index (χ1) is 13.2. The first kappa shape index (κ1) is 19.2. The number of anilines is 1. The molecular weight excluding hydrogens is 366 g/mol. The van der Waals surface area contributed by atoms with Crippen LogP contribution in [0, 0.1) is 5.92 Å². The van der Waals surface area contributed by atoms with Crippen LogP contribution in [0.5, 0.6) is 0 Å². The van der Waals surface area contributed by atoms with Crippen molar-refractivity contribution in [3.8, 4) is 0 Å². The summed E-state index contributed by atoms with van der Waals surface area (Å²) >= 11 is 0. The van der Waals surface area contributed by atoms with E-state index in [9.17, 15) is 4.79 Å². The highest BCUT2D eigenvalue weighted by molar-refractivity contribution is 5.71. The Morgan fingerprint density at radius 3 is 2.71 bits per heavy atom. The lowest BCUT2D eigenvalue weighted by Crippen LogP contribution is -2.48. The third-order valence-electron chi connectivity index (χ3n) is 5.63. The molecule has 4 rings (SSSR count). The number of nitrogens with zero attached hydrogens (tertiary/aromatic N) is 2. The van der Waals surface area contributed by atoms with Gasteiger partial charge in [-0.2, -0.15) is 0 Å². The summed E-state index contributed by atoms with van der Waals surface area (Å²) in [5.74, 6) is -1.38. The van der Waals surface area contributed by atoms with Gasteiger partial charge in [0.25, 0.3) is 0 Å². The average molecular weight is 393 g/mol. The summed E-state index contributed by atoms with van der Waals surface area (Å²) in [5.41, 5.74) is 12.6. The summed E-state index contributed by atoms with van der Waals surface area (Å²) < 4.78 is 20.1. The van der Waals surface area contributed by atoms with Crippen molar-refractivity contribution >= 4 is 17.5 Å². The van der Waals surface area contributed by atoms with Gasteiger partial charge in [-0.3, -0.25) is 9.36 Å². The number of imidazole rings is 1. The quantitative estimate of drug-likeness (QED) is 0.534. The van der Waals surface area contributed by atoms with Crippen molar-refractivity contribution in [1.82, 2.24) is 14.9 Å². The van der Waals surface area contributed by atoms with Gasteiger partial charge in [-0.1, -0.05) is 6.58 Å². The zero-order valence-corrected chi connectivity index (χ0v) is 16.0. The number of fused-ring (bicyclic) bond motifs is 1. The van der Waals surface area contributed by atoms with Crippen LogP contribution in [-0.2, 0) is 19.0 Å². The molecule has 3 aliphatic rings. The molecule has 28 heavy (non-hydrogen) atoms. The van der Waals surface area contributed by atoms with E-state index in [1.807, 2.05) is 13.8 Å². The molecule has 0 bridgehead atoms. The van der Waals surface area contributed by atoms with Gasteiger partial charge in [-0.05, 0) is 26.7 Å². The van der Waals surface area contributed by atoms with Crippen LogP contribution in [0.3, 0.4) is 0 Å². The number of nitrogen functional groups attached to an aromatic ring is 1. The van der Waals surface area contributed by atoms with Crippen LogP contribution >= 0.6 is 0 Å². The Bertz CT molecular complexity index is 787. The smallest absolute Gasteiger partial charge is 0.306 e. The first-order valence-electron chi connectivity index (χ1n) is 9.40. The molecular formula is C18H27N5O5. The molecule has 10 heteroatoms. The van der Waals surface area contributed by atoms with Gasteiger partial charge in [-0.15, -0.1) is 0 Å². The van der Waals surface area contributed by atoms with Gasteiger partial charge in [0, 0.05) is 12.6 Å². The molecule has 3 fully saturated rings. The van der Waals surface area contributed by atoms with Crippen LogP contribution in [0.2, 0.25) is 0 Å². The number of carboxylic acid groups (broad SMARTS) is 1. The molecule has 0 amide bonds. The molecule has 1 aromatic rings. The van der Waals surface area contributed by atoms with Crippen molar-refractivity contribution in [3.05, 3.63) is 18.6 Å². The number of carbonyl (C=O) groups is 1. The topological polar surface area (TPSA) is 147 Å². The second-order valence-corrected chi connectivity index (χ2v) is 8.15. The van der Waals surface area contributed by atoms with E-state index in [-0.39, 0.29) is 36.0 Å². The number of carboxylic acids is 1. The van der Waals surface area contributed by atoms with Crippen molar-refractivity contribution in [2.24, 2.45) is 11.7 Å². The maximum Gasteiger partial charge on any atom is 0.306 e. The zero-order chi connectivity index (χ0) is 20.2. The Morgan fingerprint density at radius 2 is 2.11 bits per heavy atom. The lowest BCUT2D eigenvalue weighted by atomic mass is 9.80. The summed E-state index contributed by atoms with van der Waals surface area (Å²) in [6.45, 7) is 7.94. The Labute approximate surface area is 162 Å². The highest BCUT2D eigenvalue weighted by atomic mass is 16.8. The maximum atomic E-state index is 11.0. The van der Waals surface area contributed by atoms with Gasteiger partial charge in [0.05, 0.1) is 17.9 Å². The fourth-order valence-electron chi connectivity index (χ4n) is 4.14. The molecule has 4 atom stereocenters. The van der Waals surface area contributed by atoms with E-state index in [2.05, 4.69) is 16.9 Å². The van der Waals surface area contributed by atoms with Gasteiger partial charge >= 0.3 is 5.97 Å². The minimum Gasteiger partial charge on any atom is -0.481 e. The highest BCUT2D eigenvalue weighted by Crippen LogP contribution is 2.44.